The van der Waals surface area contributed by atoms with Gasteiger partial charge in [0.1, 0.15) is 0 Å². The van der Waals surface area contributed by atoms with Gasteiger partial charge in [0.25, 0.3) is 0 Å². The van der Waals surface area contributed by atoms with E-state index in [1.807, 2.05) is 0 Å². The van der Waals surface area contributed by atoms with Crippen molar-refractivity contribution in [1.82, 2.24) is 0 Å². The van der Waals surface area contributed by atoms with E-state index in [0.29, 0.717) is 6.42 Å². The van der Waals surface area contributed by atoms with Gasteiger partial charge in [-0.25, -0.2) is 0 Å². The van der Waals surface area contributed by atoms with Gasteiger partial charge in [0.2, 0.25) is 7.42 Å². The van der Waals surface area contributed by atoms with Crippen LogP contribution >= 0.6 is 22.2 Å². The van der Waals surface area contributed by atoms with Crippen LogP contribution in [0.15, 0.2) is 0 Å². The van der Waals surface area contributed by atoms with Crippen molar-refractivity contribution in [3.8, 4) is 0 Å². The zero-order chi connectivity index (χ0) is 17.2. The minimum atomic E-state index is -1.35. The van der Waals surface area contributed by atoms with Gasteiger partial charge in [-0.15, -0.1) is 0 Å². The van der Waals surface area contributed by atoms with Crippen molar-refractivity contribution in [1.29, 1.82) is 0 Å². The molecule has 0 unspecified atom stereocenters. The summed E-state index contributed by atoms with van der Waals surface area (Å²) >= 11 is 11.7. The first kappa shape index (κ1) is 23.3. The van der Waals surface area contributed by atoms with Gasteiger partial charge >= 0.3 is 5.97 Å². The molecule has 0 spiro atoms. The molecule has 0 aromatic rings. The molecule has 0 saturated carbocycles. The molecular weight excluding hydrogens is 347 g/mol. The van der Waals surface area contributed by atoms with E-state index in [0.717, 1.165) is 18.9 Å². The Morgan fingerprint density at radius 1 is 0.609 bits per heavy atom. The summed E-state index contributed by atoms with van der Waals surface area (Å²) in [6.07, 6.45) is 19.5. The highest BCUT2D eigenvalue weighted by Crippen LogP contribution is 2.15. The smallest absolute Gasteiger partial charge is 0.303 e. The molecule has 0 aliphatic carbocycles. The van der Waals surface area contributed by atoms with Crippen LogP contribution in [0.3, 0.4) is 0 Å². The van der Waals surface area contributed by atoms with Crippen molar-refractivity contribution >= 4 is 35.5 Å². The lowest BCUT2D eigenvalue weighted by molar-refractivity contribution is -0.137. The summed E-state index contributed by atoms with van der Waals surface area (Å²) in [4.78, 5) is 10.4. The molecule has 0 aromatic heterocycles. The molecule has 0 heterocycles. The van der Waals surface area contributed by atoms with Crippen LogP contribution in [0, 0.1) is 0 Å². The van der Waals surface area contributed by atoms with Crippen LogP contribution in [0.4, 0.5) is 0 Å². The number of carboxylic acids is 1. The van der Waals surface area contributed by atoms with Gasteiger partial charge in [0.15, 0.2) is 0 Å². The predicted octanol–water partition coefficient (Wildman–Crippen LogP) is 7.01. The molecule has 0 saturated heterocycles. The van der Waals surface area contributed by atoms with Crippen molar-refractivity contribution in [2.45, 2.75) is 109 Å². The molecule has 138 valence electrons. The summed E-state index contributed by atoms with van der Waals surface area (Å²) in [5.41, 5.74) is 0. The standard InChI is InChI=1S/C18H36Cl2O2Si/c19-23(20)17-15-13-11-9-7-5-3-1-2-4-6-8-10-12-14-16-18(21)22/h23H,1-17H2,(H,21,22). The maximum absolute atomic E-state index is 10.4. The third-order valence-electron chi connectivity index (χ3n) is 4.31. The van der Waals surface area contributed by atoms with E-state index in [9.17, 15) is 4.79 Å². The zero-order valence-corrected chi connectivity index (χ0v) is 17.4. The van der Waals surface area contributed by atoms with Gasteiger partial charge in [-0.1, -0.05) is 89.9 Å². The lowest BCUT2D eigenvalue weighted by Gasteiger charge is -2.03. The molecule has 5 heteroatoms. The van der Waals surface area contributed by atoms with E-state index < -0.39 is 13.4 Å². The molecule has 2 nitrogen and oxygen atoms in total. The summed E-state index contributed by atoms with van der Waals surface area (Å²) in [5, 5.41) is 8.54. The largest absolute Gasteiger partial charge is 0.481 e. The molecule has 0 fully saturated rings. The lowest BCUT2D eigenvalue weighted by Crippen LogP contribution is -1.93. The monoisotopic (exact) mass is 382 g/mol. The lowest BCUT2D eigenvalue weighted by atomic mass is 10.0. The second kappa shape index (κ2) is 18.6. The summed E-state index contributed by atoms with van der Waals surface area (Å²) in [7, 11) is -1.35. The Labute approximate surface area is 154 Å². The Balaban J connectivity index is 2.99. The van der Waals surface area contributed by atoms with Gasteiger partial charge in [-0.3, -0.25) is 4.79 Å². The average Bonchev–Trinajstić information content (AvgIpc) is 2.49. The number of rotatable bonds is 18. The van der Waals surface area contributed by atoms with E-state index >= 15 is 0 Å². The number of halogens is 2. The summed E-state index contributed by atoms with van der Waals surface area (Å²) in [6.45, 7) is 0. The molecular formula is C18H36Cl2O2Si. The first-order valence-corrected chi connectivity index (χ1v) is 13.9. The topological polar surface area (TPSA) is 37.3 Å². The van der Waals surface area contributed by atoms with Gasteiger partial charge in [0, 0.05) is 6.42 Å². The van der Waals surface area contributed by atoms with Crippen LogP contribution in [-0.4, -0.2) is 18.5 Å². The first-order chi connectivity index (χ1) is 11.1. The SMILES string of the molecule is O=C(O)CCCCCCCCCCCCCCCCC[SiH](Cl)Cl. The number of unbranched alkanes of at least 4 members (excludes halogenated alkanes) is 14. The number of carbonyl (C=O) groups is 1. The van der Waals surface area contributed by atoms with E-state index in [-0.39, 0.29) is 0 Å². The van der Waals surface area contributed by atoms with E-state index in [1.54, 1.807) is 0 Å². The summed E-state index contributed by atoms with van der Waals surface area (Å²) < 4.78 is 0. The second-order valence-electron chi connectivity index (χ2n) is 6.63. The Hall–Kier alpha value is 0.267. The number of hydrogen-bond acceptors (Lipinski definition) is 1. The predicted molar refractivity (Wildman–Crippen MR) is 105 cm³/mol. The molecule has 0 aromatic carbocycles. The minimum Gasteiger partial charge on any atom is -0.481 e. The molecule has 0 aliphatic rings. The quantitative estimate of drug-likeness (QED) is 0.157. The van der Waals surface area contributed by atoms with Crippen molar-refractivity contribution < 1.29 is 9.90 Å². The van der Waals surface area contributed by atoms with Crippen molar-refractivity contribution in [2.75, 3.05) is 0 Å². The maximum atomic E-state index is 10.4. The molecule has 0 radical (unpaired) electrons. The van der Waals surface area contributed by atoms with Gasteiger partial charge in [-0.2, -0.15) is 22.2 Å². The van der Waals surface area contributed by atoms with Crippen LogP contribution in [0.5, 0.6) is 0 Å². The van der Waals surface area contributed by atoms with Crippen molar-refractivity contribution in [3.05, 3.63) is 0 Å². The molecule has 0 atom stereocenters. The molecule has 23 heavy (non-hydrogen) atoms. The summed E-state index contributed by atoms with van der Waals surface area (Å²) in [6, 6.07) is 1.07. The van der Waals surface area contributed by atoms with Crippen LogP contribution in [0.25, 0.3) is 0 Å². The fraction of sp³-hybridized carbons (Fsp3) is 0.944. The Morgan fingerprint density at radius 2 is 0.913 bits per heavy atom. The maximum Gasteiger partial charge on any atom is 0.303 e. The number of hydrogen-bond donors (Lipinski definition) is 1. The third-order valence-corrected chi connectivity index (χ3v) is 6.47. The van der Waals surface area contributed by atoms with Crippen molar-refractivity contribution in [2.24, 2.45) is 0 Å². The zero-order valence-electron chi connectivity index (χ0n) is 14.7. The Morgan fingerprint density at radius 3 is 1.22 bits per heavy atom. The van der Waals surface area contributed by atoms with E-state index in [4.69, 9.17) is 27.3 Å². The number of aliphatic carboxylic acids is 1. The average molecular weight is 383 g/mol. The fourth-order valence-corrected chi connectivity index (χ4v) is 4.40. The van der Waals surface area contributed by atoms with Crippen LogP contribution in [0.2, 0.25) is 6.04 Å². The molecule has 0 rings (SSSR count). The van der Waals surface area contributed by atoms with Gasteiger partial charge < -0.3 is 5.11 Å². The van der Waals surface area contributed by atoms with E-state index in [1.165, 1.54) is 83.5 Å². The van der Waals surface area contributed by atoms with Gasteiger partial charge in [-0.05, 0) is 12.5 Å². The summed E-state index contributed by atoms with van der Waals surface area (Å²) in [5.74, 6) is -0.661. The minimum absolute atomic E-state index is 0.335. The fourth-order valence-electron chi connectivity index (χ4n) is 2.87. The van der Waals surface area contributed by atoms with E-state index in [2.05, 4.69) is 0 Å². The molecule has 1 N–H and O–H groups in total. The van der Waals surface area contributed by atoms with Gasteiger partial charge in [0.05, 0.1) is 0 Å². The Bertz CT molecular complexity index is 263. The Kier molecular flexibility index (Phi) is 18.8. The van der Waals surface area contributed by atoms with Crippen molar-refractivity contribution in [3.63, 3.8) is 0 Å². The molecule has 0 amide bonds. The third kappa shape index (κ3) is 22.3. The van der Waals surface area contributed by atoms with Crippen LogP contribution in [0.1, 0.15) is 103 Å². The van der Waals surface area contributed by atoms with Crippen LogP contribution < -0.4 is 0 Å². The highest BCUT2D eigenvalue weighted by Gasteiger charge is 2.00. The highest BCUT2D eigenvalue weighted by molar-refractivity contribution is 7.33. The normalized spacial score (nSPS) is 11.3. The molecule has 0 aliphatic heterocycles. The molecule has 0 bridgehead atoms. The highest BCUT2D eigenvalue weighted by atomic mass is 35.7. The number of carboxylic acid groups (broad SMARTS) is 1. The first-order valence-electron chi connectivity index (χ1n) is 9.63. The van der Waals surface area contributed by atoms with Crippen LogP contribution in [-0.2, 0) is 4.79 Å². The second-order valence-corrected chi connectivity index (χ2v) is 11.8.